The number of carbonyl (C=O) groups excluding carboxylic acids is 1. The van der Waals surface area contributed by atoms with Crippen LogP contribution in [0.5, 0.6) is 0 Å². The topological polar surface area (TPSA) is 46.5 Å². The summed E-state index contributed by atoms with van der Waals surface area (Å²) in [6.45, 7) is 5.42. The number of esters is 1. The molecule has 0 amide bonds. The van der Waals surface area contributed by atoms with Gasteiger partial charge in [-0.1, -0.05) is 13.8 Å². The van der Waals surface area contributed by atoms with E-state index in [1.54, 1.807) is 0 Å². The van der Waals surface area contributed by atoms with Crippen molar-refractivity contribution in [1.29, 1.82) is 0 Å². The monoisotopic (exact) mass is 184 g/mol. The molecule has 1 N–H and O–H groups in total. The lowest BCUT2D eigenvalue weighted by molar-refractivity contribution is -0.160. The second-order valence-corrected chi connectivity index (χ2v) is 4.62. The third-order valence-electron chi connectivity index (χ3n) is 3.58. The average molecular weight is 184 g/mol. The zero-order chi connectivity index (χ0) is 9.85. The van der Waals surface area contributed by atoms with Crippen LogP contribution in [0.3, 0.4) is 0 Å². The van der Waals surface area contributed by atoms with Crippen molar-refractivity contribution in [3.05, 3.63) is 0 Å². The van der Waals surface area contributed by atoms with Crippen LogP contribution in [0.1, 0.15) is 33.6 Å². The summed E-state index contributed by atoms with van der Waals surface area (Å²) in [6.07, 6.45) is 1.58. The highest BCUT2D eigenvalue weighted by molar-refractivity contribution is 5.67. The summed E-state index contributed by atoms with van der Waals surface area (Å²) in [5.74, 6) is 0.306. The van der Waals surface area contributed by atoms with E-state index < -0.39 is 11.2 Å². The van der Waals surface area contributed by atoms with Gasteiger partial charge in [0.1, 0.15) is 11.2 Å². The smallest absolute Gasteiger partial charge is 0.303 e. The number of hydrogen-bond acceptors (Lipinski definition) is 3. The van der Waals surface area contributed by atoms with Crippen LogP contribution in [0.25, 0.3) is 0 Å². The molecule has 4 atom stereocenters. The van der Waals surface area contributed by atoms with Crippen LogP contribution < -0.4 is 0 Å². The lowest BCUT2D eigenvalue weighted by atomic mass is 10.1. The van der Waals surface area contributed by atoms with Crippen molar-refractivity contribution >= 4 is 5.97 Å². The first-order chi connectivity index (χ1) is 5.92. The Morgan fingerprint density at radius 2 is 1.85 bits per heavy atom. The molecule has 0 aromatic heterocycles. The number of ether oxygens (including phenoxy) is 1. The Morgan fingerprint density at radius 3 is 2.08 bits per heavy atom. The number of rotatable bonds is 2. The van der Waals surface area contributed by atoms with Gasteiger partial charge in [-0.2, -0.15) is 0 Å². The highest BCUT2D eigenvalue weighted by atomic mass is 16.6. The molecule has 2 aliphatic rings. The van der Waals surface area contributed by atoms with Crippen LogP contribution in [0.15, 0.2) is 0 Å². The minimum Gasteiger partial charge on any atom is -0.456 e. The summed E-state index contributed by atoms with van der Waals surface area (Å²) >= 11 is 0. The quantitative estimate of drug-likeness (QED) is 0.654. The maximum absolute atomic E-state index is 10.9. The number of aliphatic hydroxyl groups is 1. The molecule has 2 rings (SSSR count). The van der Waals surface area contributed by atoms with Gasteiger partial charge in [0.25, 0.3) is 0 Å². The first kappa shape index (κ1) is 9.00. The Kier molecular flexibility index (Phi) is 1.57. The Hall–Kier alpha value is -0.570. The molecule has 0 bridgehead atoms. The molecule has 0 aromatic carbocycles. The molecule has 0 saturated heterocycles. The summed E-state index contributed by atoms with van der Waals surface area (Å²) < 4.78 is 5.27. The molecule has 0 aromatic rings. The van der Waals surface area contributed by atoms with E-state index in [1.165, 1.54) is 6.92 Å². The maximum atomic E-state index is 10.9. The second kappa shape index (κ2) is 2.27. The molecule has 0 spiro atoms. The molecular formula is C10H16O3. The molecule has 74 valence electrons. The van der Waals surface area contributed by atoms with E-state index in [0.29, 0.717) is 5.92 Å². The van der Waals surface area contributed by atoms with Crippen molar-refractivity contribution in [2.45, 2.75) is 44.8 Å². The highest BCUT2D eigenvalue weighted by Crippen LogP contribution is 2.65. The molecule has 2 aliphatic carbocycles. The van der Waals surface area contributed by atoms with Crippen molar-refractivity contribution in [3.8, 4) is 0 Å². The molecule has 3 heteroatoms. The molecule has 0 aliphatic heterocycles. The Bertz CT molecular complexity index is 263. The normalized spacial score (nSPS) is 52.9. The SMILES string of the molecule is CC(=O)OC1(C2(O)CC2C)CC1C. The number of carbonyl (C=O) groups is 1. The van der Waals surface area contributed by atoms with E-state index in [0.717, 1.165) is 12.8 Å². The van der Waals surface area contributed by atoms with Gasteiger partial charge in [-0.05, 0) is 18.8 Å². The molecule has 0 radical (unpaired) electrons. The van der Waals surface area contributed by atoms with Gasteiger partial charge in [0.15, 0.2) is 0 Å². The molecule has 4 unspecified atom stereocenters. The third-order valence-corrected chi connectivity index (χ3v) is 3.58. The van der Waals surface area contributed by atoms with Gasteiger partial charge in [-0.3, -0.25) is 4.79 Å². The summed E-state index contributed by atoms with van der Waals surface area (Å²) in [5, 5.41) is 10.1. The maximum Gasteiger partial charge on any atom is 0.303 e. The molecule has 2 fully saturated rings. The van der Waals surface area contributed by atoms with E-state index in [4.69, 9.17) is 4.74 Å². The first-order valence-corrected chi connectivity index (χ1v) is 4.84. The van der Waals surface area contributed by atoms with Crippen molar-refractivity contribution < 1.29 is 14.6 Å². The minimum atomic E-state index is -0.724. The summed E-state index contributed by atoms with van der Waals surface area (Å²) in [6, 6.07) is 0. The van der Waals surface area contributed by atoms with E-state index >= 15 is 0 Å². The molecular weight excluding hydrogens is 168 g/mol. The van der Waals surface area contributed by atoms with Crippen LogP contribution in [-0.4, -0.2) is 22.3 Å². The Morgan fingerprint density at radius 1 is 1.38 bits per heavy atom. The van der Waals surface area contributed by atoms with Gasteiger partial charge in [-0.15, -0.1) is 0 Å². The van der Waals surface area contributed by atoms with Gasteiger partial charge in [-0.25, -0.2) is 0 Å². The predicted molar refractivity (Wildman–Crippen MR) is 47.0 cm³/mol. The highest BCUT2D eigenvalue weighted by Gasteiger charge is 2.75. The summed E-state index contributed by atoms with van der Waals surface area (Å²) in [5.41, 5.74) is -1.27. The van der Waals surface area contributed by atoms with Crippen LogP contribution >= 0.6 is 0 Å². The minimum absolute atomic E-state index is 0.275. The van der Waals surface area contributed by atoms with Gasteiger partial charge in [0.2, 0.25) is 0 Å². The zero-order valence-corrected chi connectivity index (χ0v) is 8.33. The van der Waals surface area contributed by atoms with Crippen molar-refractivity contribution in [2.24, 2.45) is 11.8 Å². The molecule has 13 heavy (non-hydrogen) atoms. The third kappa shape index (κ3) is 1.03. The fourth-order valence-electron chi connectivity index (χ4n) is 2.48. The molecule has 2 saturated carbocycles. The lowest BCUT2D eigenvalue weighted by Crippen LogP contribution is -2.38. The van der Waals surface area contributed by atoms with E-state index in [1.807, 2.05) is 13.8 Å². The van der Waals surface area contributed by atoms with Gasteiger partial charge >= 0.3 is 5.97 Å². The lowest BCUT2D eigenvalue weighted by Gasteiger charge is -2.23. The van der Waals surface area contributed by atoms with Crippen LogP contribution in [-0.2, 0) is 9.53 Å². The fraction of sp³-hybridized carbons (Fsp3) is 0.900. The van der Waals surface area contributed by atoms with Crippen LogP contribution in [0.4, 0.5) is 0 Å². The van der Waals surface area contributed by atoms with Gasteiger partial charge in [0, 0.05) is 12.8 Å². The van der Waals surface area contributed by atoms with E-state index in [-0.39, 0.29) is 11.9 Å². The first-order valence-electron chi connectivity index (χ1n) is 4.84. The summed E-state index contributed by atoms with van der Waals surface area (Å²) in [7, 11) is 0. The zero-order valence-electron chi connectivity index (χ0n) is 8.33. The predicted octanol–water partition coefficient (Wildman–Crippen LogP) is 1.10. The molecule has 3 nitrogen and oxygen atoms in total. The number of hydrogen-bond donors (Lipinski definition) is 1. The van der Waals surface area contributed by atoms with E-state index in [2.05, 4.69) is 0 Å². The summed E-state index contributed by atoms with van der Waals surface area (Å²) in [4.78, 5) is 10.9. The van der Waals surface area contributed by atoms with Gasteiger partial charge in [0.05, 0.1) is 0 Å². The van der Waals surface area contributed by atoms with Crippen LogP contribution in [0, 0.1) is 11.8 Å². The van der Waals surface area contributed by atoms with Crippen LogP contribution in [0.2, 0.25) is 0 Å². The fourth-order valence-corrected chi connectivity index (χ4v) is 2.48. The van der Waals surface area contributed by atoms with Gasteiger partial charge < -0.3 is 9.84 Å². The Balaban J connectivity index is 2.14. The Labute approximate surface area is 78.1 Å². The second-order valence-electron chi connectivity index (χ2n) is 4.62. The standard InChI is InChI=1S/C10H16O3/c1-6-4-9(6,12)10(5-7(10)2)13-8(3)11/h6-7,12H,4-5H2,1-3H3. The largest absolute Gasteiger partial charge is 0.456 e. The van der Waals surface area contributed by atoms with Crippen molar-refractivity contribution in [3.63, 3.8) is 0 Å². The van der Waals surface area contributed by atoms with E-state index in [9.17, 15) is 9.90 Å². The average Bonchev–Trinajstić information content (AvgIpc) is 2.77. The van der Waals surface area contributed by atoms with Crippen molar-refractivity contribution in [2.75, 3.05) is 0 Å². The van der Waals surface area contributed by atoms with Crippen molar-refractivity contribution in [1.82, 2.24) is 0 Å². The molecule has 0 heterocycles.